The molecule has 9 nitrogen and oxygen atoms in total. The highest BCUT2D eigenvalue weighted by Gasteiger charge is 2.31. The molecule has 0 saturated carbocycles. The van der Waals surface area contributed by atoms with Crippen molar-refractivity contribution >= 4 is 26.8 Å². The van der Waals surface area contributed by atoms with E-state index in [0.717, 1.165) is 65.0 Å². The number of piperazine rings is 1. The number of nitrogens with one attached hydrogen (secondary N) is 2. The third kappa shape index (κ3) is 6.16. The van der Waals surface area contributed by atoms with Crippen LogP contribution in [0, 0.1) is 0 Å². The fourth-order valence-corrected chi connectivity index (χ4v) is 7.02. The van der Waals surface area contributed by atoms with Crippen LogP contribution in [0.15, 0.2) is 34.0 Å². The summed E-state index contributed by atoms with van der Waals surface area (Å²) in [5, 5.41) is 3.36. The van der Waals surface area contributed by atoms with Crippen LogP contribution >= 0.6 is 0 Å². The molecule has 3 heterocycles. The van der Waals surface area contributed by atoms with Crippen molar-refractivity contribution in [2.45, 2.75) is 56.9 Å². The summed E-state index contributed by atoms with van der Waals surface area (Å²) < 4.78 is 28.3. The molecule has 0 spiro atoms. The molecule has 1 amide bonds. The minimum absolute atomic E-state index is 0.0626. The van der Waals surface area contributed by atoms with E-state index in [4.69, 9.17) is 0 Å². The summed E-state index contributed by atoms with van der Waals surface area (Å²) in [5.74, 6) is -0.361. The maximum Gasteiger partial charge on any atom is 0.252 e. The first kappa shape index (κ1) is 26.8. The smallest absolute Gasteiger partial charge is 0.252 e. The van der Waals surface area contributed by atoms with Crippen LogP contribution in [0.25, 0.3) is 10.9 Å². The lowest BCUT2D eigenvalue weighted by atomic mass is 10.1. The van der Waals surface area contributed by atoms with Crippen LogP contribution in [-0.4, -0.2) is 91.8 Å². The van der Waals surface area contributed by atoms with Gasteiger partial charge in [-0.25, -0.2) is 8.42 Å². The first-order valence-corrected chi connectivity index (χ1v) is 14.7. The van der Waals surface area contributed by atoms with Gasteiger partial charge in [0.1, 0.15) is 0 Å². The Kier molecular flexibility index (Phi) is 8.82. The highest BCUT2D eigenvalue weighted by Crippen LogP contribution is 2.27. The molecule has 198 valence electrons. The molecule has 2 aliphatic heterocycles. The molecule has 36 heavy (non-hydrogen) atoms. The predicted molar refractivity (Wildman–Crippen MR) is 142 cm³/mol. The van der Waals surface area contributed by atoms with Crippen LogP contribution in [0.3, 0.4) is 0 Å². The summed E-state index contributed by atoms with van der Waals surface area (Å²) in [6.07, 6.45) is 4.68. The highest BCUT2D eigenvalue weighted by molar-refractivity contribution is 7.89. The minimum atomic E-state index is -3.70. The Morgan fingerprint density at radius 3 is 2.47 bits per heavy atom. The van der Waals surface area contributed by atoms with Gasteiger partial charge in [-0.15, -0.1) is 0 Å². The molecule has 2 N–H and O–H groups in total. The molecule has 0 aliphatic carbocycles. The summed E-state index contributed by atoms with van der Waals surface area (Å²) in [4.78, 5) is 33.0. The maximum absolute atomic E-state index is 13.4. The van der Waals surface area contributed by atoms with E-state index in [-0.39, 0.29) is 22.4 Å². The van der Waals surface area contributed by atoms with Crippen molar-refractivity contribution in [3.05, 3.63) is 40.2 Å². The van der Waals surface area contributed by atoms with Crippen LogP contribution in [-0.2, 0) is 10.0 Å². The zero-order chi connectivity index (χ0) is 25.7. The van der Waals surface area contributed by atoms with E-state index < -0.39 is 15.6 Å². The standard InChI is InChI=1S/C26H39N5O4S/c1-3-11-29-14-16-30(17-15-29)12-6-10-27-26(33)23-19-25(32)28-24-9-8-21(18-22(23)24)36(34,35)31-13-5-4-7-20(31)2/h8-9,18-20H,3-7,10-17H2,1-2H3,(H,27,33)(H,28,32)/t20-/m0/s1. The molecule has 1 atom stereocenters. The van der Waals surface area contributed by atoms with Gasteiger partial charge in [0, 0.05) is 62.3 Å². The van der Waals surface area contributed by atoms with Gasteiger partial charge in [-0.05, 0) is 63.9 Å². The van der Waals surface area contributed by atoms with Crippen molar-refractivity contribution in [1.29, 1.82) is 0 Å². The Hall–Kier alpha value is -2.27. The van der Waals surface area contributed by atoms with Crippen molar-refractivity contribution < 1.29 is 13.2 Å². The Morgan fingerprint density at radius 1 is 1.06 bits per heavy atom. The van der Waals surface area contributed by atoms with E-state index >= 15 is 0 Å². The van der Waals surface area contributed by atoms with E-state index in [1.807, 2.05) is 6.92 Å². The number of benzene rings is 1. The number of H-pyrrole nitrogens is 1. The Morgan fingerprint density at radius 2 is 1.78 bits per heavy atom. The number of amides is 1. The summed E-state index contributed by atoms with van der Waals surface area (Å²) in [5.41, 5.74) is 0.256. The number of rotatable bonds is 9. The van der Waals surface area contributed by atoms with Crippen molar-refractivity contribution in [3.63, 3.8) is 0 Å². The molecule has 10 heteroatoms. The fraction of sp³-hybridized carbons (Fsp3) is 0.615. The maximum atomic E-state index is 13.4. The SMILES string of the molecule is CCCN1CCN(CCCNC(=O)c2cc(=O)[nH]c3ccc(S(=O)(=O)N4CCCC[C@@H]4C)cc23)CC1. The second-order valence-electron chi connectivity index (χ2n) is 10.0. The molecule has 0 bridgehead atoms. The molecule has 2 saturated heterocycles. The Bertz CT molecular complexity index is 1220. The van der Waals surface area contributed by atoms with Gasteiger partial charge in [0.05, 0.1) is 10.5 Å². The van der Waals surface area contributed by atoms with Gasteiger partial charge in [0.2, 0.25) is 15.6 Å². The number of fused-ring (bicyclic) bond motifs is 1. The molecule has 4 rings (SSSR count). The summed E-state index contributed by atoms with van der Waals surface area (Å²) in [6.45, 7) is 11.4. The molecule has 1 aromatic carbocycles. The number of nitrogens with zero attached hydrogens (tertiary/aromatic N) is 3. The quantitative estimate of drug-likeness (QED) is 0.494. The van der Waals surface area contributed by atoms with E-state index in [0.29, 0.717) is 24.0 Å². The number of hydrogen-bond acceptors (Lipinski definition) is 6. The molecule has 0 radical (unpaired) electrons. The summed E-state index contributed by atoms with van der Waals surface area (Å²) in [6, 6.07) is 5.80. The van der Waals surface area contributed by atoms with Crippen LogP contribution in [0.4, 0.5) is 0 Å². The number of aromatic nitrogens is 1. The number of sulfonamides is 1. The number of aromatic amines is 1. The van der Waals surface area contributed by atoms with Gasteiger partial charge in [-0.3, -0.25) is 9.59 Å². The van der Waals surface area contributed by atoms with E-state index in [2.05, 4.69) is 27.0 Å². The van der Waals surface area contributed by atoms with E-state index in [1.54, 1.807) is 10.4 Å². The summed E-state index contributed by atoms with van der Waals surface area (Å²) in [7, 11) is -3.70. The zero-order valence-corrected chi connectivity index (χ0v) is 22.3. The lowest BCUT2D eigenvalue weighted by Gasteiger charge is -2.34. The lowest BCUT2D eigenvalue weighted by Crippen LogP contribution is -2.47. The molecule has 0 unspecified atom stereocenters. The lowest BCUT2D eigenvalue weighted by molar-refractivity contribution is 0.0949. The first-order chi connectivity index (χ1) is 17.3. The number of pyridine rings is 1. The van der Waals surface area contributed by atoms with Crippen LogP contribution in [0.5, 0.6) is 0 Å². The minimum Gasteiger partial charge on any atom is -0.352 e. The van der Waals surface area contributed by atoms with E-state index in [9.17, 15) is 18.0 Å². The van der Waals surface area contributed by atoms with Crippen LogP contribution in [0.2, 0.25) is 0 Å². The van der Waals surface area contributed by atoms with Crippen molar-refractivity contribution in [2.75, 3.05) is 52.4 Å². The Balaban J connectivity index is 1.43. The van der Waals surface area contributed by atoms with Crippen molar-refractivity contribution in [3.8, 4) is 0 Å². The monoisotopic (exact) mass is 517 g/mol. The van der Waals surface area contributed by atoms with Gasteiger partial charge in [-0.2, -0.15) is 4.31 Å². The second kappa shape index (κ2) is 11.9. The third-order valence-corrected chi connectivity index (χ3v) is 9.36. The summed E-state index contributed by atoms with van der Waals surface area (Å²) >= 11 is 0. The van der Waals surface area contributed by atoms with Crippen LogP contribution in [0.1, 0.15) is 56.3 Å². The first-order valence-electron chi connectivity index (χ1n) is 13.2. The van der Waals surface area contributed by atoms with Gasteiger partial charge in [-0.1, -0.05) is 13.3 Å². The van der Waals surface area contributed by atoms with Gasteiger partial charge >= 0.3 is 0 Å². The molecule has 1 aromatic heterocycles. The predicted octanol–water partition coefficient (Wildman–Crippen LogP) is 2.24. The fourth-order valence-electron chi connectivity index (χ4n) is 5.30. The molecule has 2 aliphatic rings. The molecular formula is C26H39N5O4S. The zero-order valence-electron chi connectivity index (χ0n) is 21.5. The molecular weight excluding hydrogens is 478 g/mol. The van der Waals surface area contributed by atoms with Gasteiger partial charge in [0.15, 0.2) is 0 Å². The average molecular weight is 518 g/mol. The van der Waals surface area contributed by atoms with E-state index in [1.165, 1.54) is 24.6 Å². The van der Waals surface area contributed by atoms with Crippen molar-refractivity contribution in [2.24, 2.45) is 0 Å². The third-order valence-electron chi connectivity index (χ3n) is 7.35. The van der Waals surface area contributed by atoms with Crippen LogP contribution < -0.4 is 10.9 Å². The highest BCUT2D eigenvalue weighted by atomic mass is 32.2. The number of carbonyl (C=O) groups excluding carboxylic acids is 1. The topological polar surface area (TPSA) is 106 Å². The average Bonchev–Trinajstić information content (AvgIpc) is 2.87. The number of hydrogen-bond donors (Lipinski definition) is 2. The second-order valence-corrected chi connectivity index (χ2v) is 11.9. The Labute approximate surface area is 213 Å². The molecule has 2 aromatic rings. The number of carbonyl (C=O) groups is 1. The molecule has 2 fully saturated rings. The van der Waals surface area contributed by atoms with Crippen molar-refractivity contribution in [1.82, 2.24) is 24.4 Å². The number of piperidine rings is 1. The normalized spacial score (nSPS) is 20.6. The van der Waals surface area contributed by atoms with Gasteiger partial charge in [0.25, 0.3) is 5.91 Å². The van der Waals surface area contributed by atoms with Gasteiger partial charge < -0.3 is 20.1 Å². The largest absolute Gasteiger partial charge is 0.352 e.